The van der Waals surface area contributed by atoms with E-state index in [4.69, 9.17) is 4.74 Å². The van der Waals surface area contributed by atoms with E-state index in [9.17, 15) is 8.78 Å². The first kappa shape index (κ1) is 16.1. The van der Waals surface area contributed by atoms with Crippen molar-refractivity contribution in [1.82, 2.24) is 5.32 Å². The first-order valence-corrected chi connectivity index (χ1v) is 6.63. The van der Waals surface area contributed by atoms with Crippen LogP contribution in [-0.2, 0) is 11.2 Å². The topological polar surface area (TPSA) is 21.3 Å². The summed E-state index contributed by atoms with van der Waals surface area (Å²) in [6, 6.07) is 3.80. The van der Waals surface area contributed by atoms with E-state index in [1.54, 1.807) is 7.11 Å². The molecule has 0 aliphatic heterocycles. The molecule has 0 radical (unpaired) electrons. The zero-order valence-corrected chi connectivity index (χ0v) is 12.1. The lowest BCUT2D eigenvalue weighted by Gasteiger charge is -2.34. The van der Waals surface area contributed by atoms with Crippen molar-refractivity contribution in [3.63, 3.8) is 0 Å². The molecule has 2 nitrogen and oxygen atoms in total. The summed E-state index contributed by atoms with van der Waals surface area (Å²) in [5.41, 5.74) is -0.384. The minimum Gasteiger partial charge on any atom is -0.377 e. The Hall–Kier alpha value is -1.00. The summed E-state index contributed by atoms with van der Waals surface area (Å²) in [6.45, 7) is 6.67. The van der Waals surface area contributed by atoms with Crippen molar-refractivity contribution in [3.8, 4) is 0 Å². The fraction of sp³-hybridized carbons (Fsp3) is 0.600. The smallest absolute Gasteiger partial charge is 0.129 e. The first-order chi connectivity index (χ1) is 8.92. The molecular formula is C15H23F2NO. The van der Waals surface area contributed by atoms with Gasteiger partial charge in [0.15, 0.2) is 0 Å². The molecule has 0 fully saturated rings. The van der Waals surface area contributed by atoms with Gasteiger partial charge in [-0.05, 0) is 45.4 Å². The van der Waals surface area contributed by atoms with Crippen molar-refractivity contribution < 1.29 is 13.5 Å². The third-order valence-corrected chi connectivity index (χ3v) is 3.48. The van der Waals surface area contributed by atoms with Gasteiger partial charge in [-0.3, -0.25) is 0 Å². The van der Waals surface area contributed by atoms with Crippen molar-refractivity contribution in [2.24, 2.45) is 0 Å². The molecule has 1 unspecified atom stereocenters. The molecule has 19 heavy (non-hydrogen) atoms. The van der Waals surface area contributed by atoms with Crippen LogP contribution in [0.3, 0.4) is 0 Å². The van der Waals surface area contributed by atoms with Crippen LogP contribution in [-0.4, -0.2) is 25.3 Å². The fourth-order valence-electron chi connectivity index (χ4n) is 1.96. The zero-order chi connectivity index (χ0) is 14.5. The van der Waals surface area contributed by atoms with Crippen LogP contribution in [0.15, 0.2) is 18.2 Å². The van der Waals surface area contributed by atoms with Crippen LogP contribution in [0.1, 0.15) is 32.8 Å². The number of rotatable bonds is 7. The lowest BCUT2D eigenvalue weighted by Crippen LogP contribution is -2.50. The average Bonchev–Trinajstić information content (AvgIpc) is 2.37. The van der Waals surface area contributed by atoms with Gasteiger partial charge in [0, 0.05) is 18.7 Å². The molecule has 0 amide bonds. The van der Waals surface area contributed by atoms with Gasteiger partial charge in [0.2, 0.25) is 0 Å². The van der Waals surface area contributed by atoms with E-state index in [0.717, 1.165) is 13.0 Å². The minimum absolute atomic E-state index is 0.112. The Balaban J connectivity index is 2.94. The summed E-state index contributed by atoms with van der Waals surface area (Å²) >= 11 is 0. The second kappa shape index (κ2) is 6.96. The Kier molecular flexibility index (Phi) is 5.88. The molecule has 4 heteroatoms. The Morgan fingerprint density at radius 1 is 1.26 bits per heavy atom. The van der Waals surface area contributed by atoms with Gasteiger partial charge >= 0.3 is 0 Å². The van der Waals surface area contributed by atoms with Crippen LogP contribution in [0.25, 0.3) is 0 Å². The number of ether oxygens (including phenoxy) is 1. The quantitative estimate of drug-likeness (QED) is 0.821. The molecule has 1 aromatic rings. The Labute approximate surface area is 114 Å². The van der Waals surface area contributed by atoms with E-state index < -0.39 is 17.2 Å². The van der Waals surface area contributed by atoms with Crippen molar-refractivity contribution in [3.05, 3.63) is 35.4 Å². The van der Waals surface area contributed by atoms with E-state index in [1.807, 2.05) is 20.8 Å². The van der Waals surface area contributed by atoms with Crippen LogP contribution < -0.4 is 5.32 Å². The summed E-state index contributed by atoms with van der Waals surface area (Å²) in [6.07, 6.45) is 1.22. The predicted octanol–water partition coefficient (Wildman–Crippen LogP) is 3.30. The second-order valence-electron chi connectivity index (χ2n) is 5.22. The van der Waals surface area contributed by atoms with Gasteiger partial charge in [0.25, 0.3) is 0 Å². The maximum Gasteiger partial charge on any atom is 0.129 e. The van der Waals surface area contributed by atoms with Crippen molar-refractivity contribution in [2.45, 2.75) is 45.3 Å². The van der Waals surface area contributed by atoms with E-state index in [0.29, 0.717) is 0 Å². The number of halogens is 2. The normalized spacial score (nSPS) is 13.6. The van der Waals surface area contributed by atoms with E-state index in [2.05, 4.69) is 5.32 Å². The molecule has 0 heterocycles. The Morgan fingerprint density at radius 2 is 1.84 bits per heavy atom. The van der Waals surface area contributed by atoms with Crippen molar-refractivity contribution >= 4 is 0 Å². The predicted molar refractivity (Wildman–Crippen MR) is 73.2 cm³/mol. The molecule has 0 saturated carbocycles. The Bertz CT molecular complexity index is 387. The average molecular weight is 271 g/mol. The maximum absolute atomic E-state index is 13.7. The van der Waals surface area contributed by atoms with Crippen LogP contribution >= 0.6 is 0 Å². The zero-order valence-electron chi connectivity index (χ0n) is 12.1. The third-order valence-electron chi connectivity index (χ3n) is 3.48. The summed E-state index contributed by atoms with van der Waals surface area (Å²) in [7, 11) is 1.61. The summed E-state index contributed by atoms with van der Waals surface area (Å²) < 4.78 is 32.9. The van der Waals surface area contributed by atoms with Gasteiger partial charge in [-0.25, -0.2) is 8.78 Å². The maximum atomic E-state index is 13.7. The van der Waals surface area contributed by atoms with Crippen molar-refractivity contribution in [1.29, 1.82) is 0 Å². The van der Waals surface area contributed by atoms with E-state index >= 15 is 0 Å². The number of hydrogen-bond acceptors (Lipinski definition) is 2. The van der Waals surface area contributed by atoms with Crippen LogP contribution in [0.2, 0.25) is 0 Å². The summed E-state index contributed by atoms with van der Waals surface area (Å²) in [5, 5.41) is 3.31. The number of benzene rings is 1. The van der Waals surface area contributed by atoms with Gasteiger partial charge < -0.3 is 10.1 Å². The largest absolute Gasteiger partial charge is 0.377 e. The molecule has 0 aromatic heterocycles. The lowest BCUT2D eigenvalue weighted by molar-refractivity contribution is -0.0104. The molecule has 0 bridgehead atoms. The molecule has 0 saturated heterocycles. The molecule has 1 N–H and O–H groups in total. The fourth-order valence-corrected chi connectivity index (χ4v) is 1.96. The van der Waals surface area contributed by atoms with Gasteiger partial charge in [-0.1, -0.05) is 13.0 Å². The minimum atomic E-state index is -0.504. The monoisotopic (exact) mass is 271 g/mol. The highest BCUT2D eigenvalue weighted by atomic mass is 19.1. The Morgan fingerprint density at radius 3 is 2.32 bits per heavy atom. The molecule has 0 aliphatic carbocycles. The van der Waals surface area contributed by atoms with E-state index in [-0.39, 0.29) is 18.0 Å². The van der Waals surface area contributed by atoms with Gasteiger partial charge in [0.1, 0.15) is 11.6 Å². The molecule has 108 valence electrons. The van der Waals surface area contributed by atoms with Crippen LogP contribution in [0.5, 0.6) is 0 Å². The third kappa shape index (κ3) is 4.25. The second-order valence-corrected chi connectivity index (χ2v) is 5.22. The molecule has 0 aliphatic rings. The van der Waals surface area contributed by atoms with Crippen molar-refractivity contribution in [2.75, 3.05) is 13.7 Å². The van der Waals surface area contributed by atoms with Gasteiger partial charge in [-0.2, -0.15) is 0 Å². The highest BCUT2D eigenvalue weighted by Gasteiger charge is 2.30. The number of methoxy groups -OCH3 is 1. The number of hydrogen-bond donors (Lipinski definition) is 1. The molecular weight excluding hydrogens is 248 g/mol. The SMILES string of the molecule is CCCNC(Cc1c(F)cccc1F)C(C)(C)OC. The molecule has 1 rings (SSSR count). The summed E-state index contributed by atoms with van der Waals surface area (Å²) in [4.78, 5) is 0. The van der Waals surface area contributed by atoms with Gasteiger partial charge in [-0.15, -0.1) is 0 Å². The molecule has 0 spiro atoms. The van der Waals surface area contributed by atoms with Crippen LogP contribution in [0.4, 0.5) is 8.78 Å². The summed E-state index contributed by atoms with van der Waals surface area (Å²) in [5.74, 6) is -1.01. The first-order valence-electron chi connectivity index (χ1n) is 6.63. The molecule has 1 aromatic carbocycles. The highest BCUT2D eigenvalue weighted by molar-refractivity contribution is 5.21. The number of nitrogens with one attached hydrogen (secondary N) is 1. The molecule has 1 atom stereocenters. The highest BCUT2D eigenvalue weighted by Crippen LogP contribution is 2.21. The van der Waals surface area contributed by atoms with Crippen LogP contribution in [0, 0.1) is 11.6 Å². The lowest BCUT2D eigenvalue weighted by atomic mass is 9.91. The van der Waals surface area contributed by atoms with E-state index in [1.165, 1.54) is 18.2 Å². The van der Waals surface area contributed by atoms with Gasteiger partial charge in [0.05, 0.1) is 5.60 Å². The standard InChI is InChI=1S/C15H23F2NO/c1-5-9-18-14(15(2,3)19-4)10-11-12(16)7-6-8-13(11)17/h6-8,14,18H,5,9-10H2,1-4H3.